The Hall–Kier alpha value is -1.18. The smallest absolute Gasteiger partial charge is 0.266 e. The van der Waals surface area contributed by atoms with E-state index in [-0.39, 0.29) is 12.3 Å². The zero-order chi connectivity index (χ0) is 16.8. The third kappa shape index (κ3) is 5.16. The van der Waals surface area contributed by atoms with E-state index in [1.54, 1.807) is 4.90 Å². The molecule has 0 N–H and O–H groups in total. The molecule has 1 aliphatic heterocycles. The molecule has 0 bridgehead atoms. The van der Waals surface area contributed by atoms with Crippen LogP contribution in [0.4, 0.5) is 0 Å². The van der Waals surface area contributed by atoms with Crippen LogP contribution < -0.4 is 5.11 Å². The second kappa shape index (κ2) is 8.61. The maximum absolute atomic E-state index is 12.4. The van der Waals surface area contributed by atoms with Crippen molar-refractivity contribution in [3.05, 3.63) is 39.2 Å². The first kappa shape index (κ1) is 18.2. The van der Waals surface area contributed by atoms with Crippen molar-refractivity contribution in [3.63, 3.8) is 0 Å². The van der Waals surface area contributed by atoms with E-state index in [1.165, 1.54) is 11.8 Å². The normalized spacial score (nSPS) is 16.4. The molecule has 23 heavy (non-hydrogen) atoms. The van der Waals surface area contributed by atoms with Gasteiger partial charge in [-0.25, -0.2) is 0 Å². The highest BCUT2D eigenvalue weighted by Gasteiger charge is 2.31. The number of hydrogen-bond acceptors (Lipinski definition) is 5. The predicted octanol–water partition coefficient (Wildman–Crippen LogP) is 2.96. The molecule has 1 aromatic carbocycles. The summed E-state index contributed by atoms with van der Waals surface area (Å²) >= 11 is 10.0. The van der Waals surface area contributed by atoms with Crippen molar-refractivity contribution >= 4 is 62.2 Å². The number of nitrogens with zero attached hydrogens (tertiary/aromatic N) is 1. The van der Waals surface area contributed by atoms with E-state index in [4.69, 9.17) is 12.2 Å². The minimum atomic E-state index is -1.04. The van der Waals surface area contributed by atoms with Gasteiger partial charge in [0.1, 0.15) is 4.32 Å². The summed E-state index contributed by atoms with van der Waals surface area (Å²) in [6, 6.07) is 7.67. The molecule has 1 aliphatic rings. The van der Waals surface area contributed by atoms with Crippen molar-refractivity contribution in [1.29, 1.82) is 0 Å². The molecule has 1 aromatic rings. The Balaban J connectivity index is 1.95. The van der Waals surface area contributed by atoms with Gasteiger partial charge >= 0.3 is 0 Å². The average Bonchev–Trinajstić information content (AvgIpc) is 2.76. The lowest BCUT2D eigenvalue weighted by atomic mass is 10.2. The highest BCUT2D eigenvalue weighted by atomic mass is 79.9. The van der Waals surface area contributed by atoms with Crippen LogP contribution in [0.25, 0.3) is 6.08 Å². The van der Waals surface area contributed by atoms with Gasteiger partial charge in [-0.2, -0.15) is 0 Å². The minimum Gasteiger partial charge on any atom is -0.550 e. The zero-order valence-electron chi connectivity index (χ0n) is 12.3. The summed E-state index contributed by atoms with van der Waals surface area (Å²) in [7, 11) is 0. The molecule has 0 aromatic heterocycles. The largest absolute Gasteiger partial charge is 0.550 e. The number of thioether (sulfide) groups is 1. The van der Waals surface area contributed by atoms with Crippen molar-refractivity contribution in [2.24, 2.45) is 0 Å². The Morgan fingerprint density at radius 1 is 1.30 bits per heavy atom. The number of benzene rings is 1. The van der Waals surface area contributed by atoms with E-state index in [0.29, 0.717) is 22.2 Å². The standard InChI is InChI=1S/C16H16BrNO3S2/c17-12-7-4-3-6-11(12)10-13-15(21)18(16(22)23-13)9-5-1-2-8-14(19)20/h3-4,6-7,10H,1-2,5,8-9H2,(H,19,20)/p-1/b13-10+. The van der Waals surface area contributed by atoms with Crippen LogP contribution in [0.1, 0.15) is 31.2 Å². The Bertz CT molecular complexity index is 660. The molecule has 2 rings (SSSR count). The van der Waals surface area contributed by atoms with E-state index >= 15 is 0 Å². The molecule has 0 saturated carbocycles. The fourth-order valence-electron chi connectivity index (χ4n) is 2.14. The topological polar surface area (TPSA) is 60.4 Å². The molecule has 0 aliphatic carbocycles. The first-order valence-electron chi connectivity index (χ1n) is 7.19. The van der Waals surface area contributed by atoms with Gasteiger partial charge in [0.05, 0.1) is 4.91 Å². The van der Waals surface area contributed by atoms with Crippen LogP contribution in [0.15, 0.2) is 33.6 Å². The minimum absolute atomic E-state index is 0.0559. The van der Waals surface area contributed by atoms with Crippen LogP contribution in [0.2, 0.25) is 0 Å². The molecule has 0 radical (unpaired) electrons. The molecule has 122 valence electrons. The van der Waals surface area contributed by atoms with Crippen molar-refractivity contribution < 1.29 is 14.7 Å². The quantitative estimate of drug-likeness (QED) is 0.391. The van der Waals surface area contributed by atoms with Gasteiger partial charge in [0, 0.05) is 17.0 Å². The van der Waals surface area contributed by atoms with E-state index in [0.717, 1.165) is 22.9 Å². The molecule has 0 unspecified atom stereocenters. The number of thiocarbonyl (C=S) groups is 1. The molecule has 1 fully saturated rings. The number of carbonyl (C=O) groups excluding carboxylic acids is 2. The second-order valence-electron chi connectivity index (χ2n) is 5.04. The van der Waals surface area contributed by atoms with Gasteiger partial charge in [0.25, 0.3) is 5.91 Å². The molecule has 4 nitrogen and oxygen atoms in total. The Morgan fingerprint density at radius 3 is 2.74 bits per heavy atom. The molecule has 7 heteroatoms. The number of amides is 1. The molecular formula is C16H15BrNO3S2-. The van der Waals surface area contributed by atoms with Gasteiger partial charge in [-0.05, 0) is 37.0 Å². The number of carboxylic acid groups (broad SMARTS) is 1. The number of halogens is 1. The summed E-state index contributed by atoms with van der Waals surface area (Å²) in [4.78, 5) is 25.0. The molecule has 1 heterocycles. The Morgan fingerprint density at radius 2 is 2.04 bits per heavy atom. The van der Waals surface area contributed by atoms with Crippen LogP contribution in [-0.2, 0) is 9.59 Å². The van der Waals surface area contributed by atoms with Gasteiger partial charge in [-0.1, -0.05) is 64.5 Å². The molecule has 0 atom stereocenters. The number of carboxylic acids is 1. The Labute approximate surface area is 153 Å². The highest BCUT2D eigenvalue weighted by Crippen LogP contribution is 2.33. The fraction of sp³-hybridized carbons (Fsp3) is 0.312. The van der Waals surface area contributed by atoms with Gasteiger partial charge in [0.2, 0.25) is 0 Å². The second-order valence-corrected chi connectivity index (χ2v) is 7.57. The van der Waals surface area contributed by atoms with Crippen LogP contribution in [0, 0.1) is 0 Å². The van der Waals surface area contributed by atoms with Gasteiger partial charge < -0.3 is 9.90 Å². The lowest BCUT2D eigenvalue weighted by molar-refractivity contribution is -0.305. The third-order valence-corrected chi connectivity index (χ3v) is 5.43. The van der Waals surface area contributed by atoms with E-state index in [2.05, 4.69) is 15.9 Å². The summed E-state index contributed by atoms with van der Waals surface area (Å²) in [5.74, 6) is -1.12. The first-order chi connectivity index (χ1) is 11.0. The highest BCUT2D eigenvalue weighted by molar-refractivity contribution is 9.10. The SMILES string of the molecule is O=C([O-])CCCCCN1C(=O)/C(=C\c2ccccc2Br)SC1=S. The van der Waals surface area contributed by atoms with Crippen LogP contribution in [0.3, 0.4) is 0 Å². The molecule has 1 saturated heterocycles. The number of aliphatic carboxylic acids is 1. The number of unbranched alkanes of at least 4 members (excludes halogenated alkanes) is 2. The lowest BCUT2D eigenvalue weighted by Gasteiger charge is -2.14. The third-order valence-electron chi connectivity index (χ3n) is 3.33. The summed E-state index contributed by atoms with van der Waals surface area (Å²) in [5, 5.41) is 10.4. The van der Waals surface area contributed by atoms with Crippen molar-refractivity contribution in [2.45, 2.75) is 25.7 Å². The number of rotatable bonds is 7. The maximum Gasteiger partial charge on any atom is 0.266 e. The predicted molar refractivity (Wildman–Crippen MR) is 97.5 cm³/mol. The maximum atomic E-state index is 12.4. The van der Waals surface area contributed by atoms with Crippen molar-refractivity contribution in [3.8, 4) is 0 Å². The monoisotopic (exact) mass is 412 g/mol. The summed E-state index contributed by atoms with van der Waals surface area (Å²) in [5.41, 5.74) is 0.932. The number of carbonyl (C=O) groups is 2. The lowest BCUT2D eigenvalue weighted by Crippen LogP contribution is -2.29. The number of hydrogen-bond donors (Lipinski definition) is 0. The van der Waals surface area contributed by atoms with E-state index in [9.17, 15) is 14.7 Å². The van der Waals surface area contributed by atoms with Crippen molar-refractivity contribution in [2.75, 3.05) is 6.54 Å². The van der Waals surface area contributed by atoms with Gasteiger partial charge in [-0.3, -0.25) is 9.69 Å². The molecule has 1 amide bonds. The van der Waals surface area contributed by atoms with Crippen LogP contribution in [0.5, 0.6) is 0 Å². The van der Waals surface area contributed by atoms with Crippen LogP contribution in [-0.4, -0.2) is 27.6 Å². The fourth-order valence-corrected chi connectivity index (χ4v) is 3.84. The molecule has 0 spiro atoms. The van der Waals surface area contributed by atoms with E-state index < -0.39 is 5.97 Å². The Kier molecular flexibility index (Phi) is 6.80. The van der Waals surface area contributed by atoms with E-state index in [1.807, 2.05) is 30.3 Å². The average molecular weight is 413 g/mol. The molecular weight excluding hydrogens is 398 g/mol. The van der Waals surface area contributed by atoms with Crippen LogP contribution >= 0.6 is 39.9 Å². The summed E-state index contributed by atoms with van der Waals surface area (Å²) in [6.45, 7) is 0.519. The van der Waals surface area contributed by atoms with Crippen molar-refractivity contribution in [1.82, 2.24) is 4.90 Å². The summed E-state index contributed by atoms with van der Waals surface area (Å²) < 4.78 is 1.47. The van der Waals surface area contributed by atoms with Gasteiger partial charge in [0.15, 0.2) is 0 Å². The van der Waals surface area contributed by atoms with Gasteiger partial charge in [-0.15, -0.1) is 0 Å². The summed E-state index contributed by atoms with van der Waals surface area (Å²) in [6.07, 6.45) is 3.90. The zero-order valence-corrected chi connectivity index (χ0v) is 15.5. The first-order valence-corrected chi connectivity index (χ1v) is 9.20.